The van der Waals surface area contributed by atoms with E-state index in [0.717, 1.165) is 12.0 Å². The molecule has 0 heterocycles. The highest BCUT2D eigenvalue weighted by Gasteiger charge is 1.78. The molecule has 56 valence electrons. The zero-order chi connectivity index (χ0) is 7.98. The number of rotatable bonds is 3. The fourth-order valence-electron chi connectivity index (χ4n) is 0.441. The Morgan fingerprint density at radius 3 is 2.60 bits per heavy atom. The second-order valence-electron chi connectivity index (χ2n) is 2.18. The summed E-state index contributed by atoms with van der Waals surface area (Å²) in [5.74, 6) is 0.320. The van der Waals surface area contributed by atoms with Crippen molar-refractivity contribution in [1.82, 2.24) is 0 Å². The van der Waals surface area contributed by atoms with Crippen LogP contribution in [0.25, 0.3) is 0 Å². The molecule has 0 aromatic rings. The van der Waals surface area contributed by atoms with Crippen molar-refractivity contribution in [2.24, 2.45) is 0 Å². The molecule has 1 nitrogen and oxygen atoms in total. The lowest BCUT2D eigenvalue weighted by Gasteiger charge is -1.88. The number of aliphatic hydroxyl groups is 1. The fraction of sp³-hybridized carbons (Fsp3) is 0.333. The molecule has 0 aromatic heterocycles. The number of aliphatic hydroxyl groups excluding tert-OH is 1. The quantitative estimate of drug-likeness (QED) is 0.469. The Bertz CT molecular complexity index is 160. The molecule has 0 aliphatic heterocycles. The lowest BCUT2D eigenvalue weighted by Crippen LogP contribution is -1.69. The SMILES string of the molecule is C=C(/C=C\C=C(/C)O)CC. The summed E-state index contributed by atoms with van der Waals surface area (Å²) in [6.45, 7) is 7.45. The van der Waals surface area contributed by atoms with E-state index < -0.39 is 0 Å². The summed E-state index contributed by atoms with van der Waals surface area (Å²) in [7, 11) is 0. The summed E-state index contributed by atoms with van der Waals surface area (Å²) in [5.41, 5.74) is 1.07. The van der Waals surface area contributed by atoms with Gasteiger partial charge in [-0.2, -0.15) is 0 Å². The van der Waals surface area contributed by atoms with Gasteiger partial charge in [-0.05, 0) is 19.4 Å². The van der Waals surface area contributed by atoms with Gasteiger partial charge in [0.15, 0.2) is 0 Å². The lowest BCUT2D eigenvalue weighted by molar-refractivity contribution is 0.414. The van der Waals surface area contributed by atoms with E-state index in [1.54, 1.807) is 19.1 Å². The van der Waals surface area contributed by atoms with Crippen molar-refractivity contribution in [2.75, 3.05) is 0 Å². The average Bonchev–Trinajstić information content (AvgIpc) is 1.87. The standard InChI is InChI=1S/C9H14O/c1-4-8(2)6-5-7-9(3)10/h5-7,10H,2,4H2,1,3H3/b6-5-,9-7+. The van der Waals surface area contributed by atoms with Crippen LogP contribution >= 0.6 is 0 Å². The van der Waals surface area contributed by atoms with Crippen LogP contribution in [0.15, 0.2) is 36.1 Å². The van der Waals surface area contributed by atoms with Gasteiger partial charge in [0.25, 0.3) is 0 Å². The Labute approximate surface area is 62.4 Å². The van der Waals surface area contributed by atoms with Crippen LogP contribution in [0.1, 0.15) is 20.3 Å². The molecule has 0 aromatic carbocycles. The highest BCUT2D eigenvalue weighted by atomic mass is 16.3. The van der Waals surface area contributed by atoms with E-state index in [0.29, 0.717) is 5.76 Å². The van der Waals surface area contributed by atoms with E-state index in [2.05, 4.69) is 6.58 Å². The zero-order valence-electron chi connectivity index (χ0n) is 6.59. The van der Waals surface area contributed by atoms with Gasteiger partial charge in [-0.15, -0.1) is 0 Å². The normalized spacial score (nSPS) is 12.4. The van der Waals surface area contributed by atoms with Crippen LogP contribution in [0.3, 0.4) is 0 Å². The number of allylic oxidation sites excluding steroid dienone is 5. The van der Waals surface area contributed by atoms with Crippen molar-refractivity contribution < 1.29 is 5.11 Å². The van der Waals surface area contributed by atoms with Crippen molar-refractivity contribution >= 4 is 0 Å². The summed E-state index contributed by atoms with van der Waals surface area (Å²) >= 11 is 0. The van der Waals surface area contributed by atoms with Gasteiger partial charge in [-0.25, -0.2) is 0 Å². The molecule has 0 atom stereocenters. The second-order valence-corrected chi connectivity index (χ2v) is 2.18. The molecule has 1 N–H and O–H groups in total. The molecule has 0 saturated heterocycles. The highest BCUT2D eigenvalue weighted by molar-refractivity contribution is 5.19. The van der Waals surface area contributed by atoms with Crippen LogP contribution in [-0.2, 0) is 0 Å². The molecule has 0 fully saturated rings. The molecule has 0 amide bonds. The molecule has 0 bridgehead atoms. The van der Waals surface area contributed by atoms with Crippen molar-refractivity contribution in [2.45, 2.75) is 20.3 Å². The van der Waals surface area contributed by atoms with Gasteiger partial charge in [-0.3, -0.25) is 0 Å². The van der Waals surface area contributed by atoms with Crippen LogP contribution in [0.4, 0.5) is 0 Å². The predicted octanol–water partition coefficient (Wildman–Crippen LogP) is 2.97. The van der Waals surface area contributed by atoms with Gasteiger partial charge in [0.1, 0.15) is 0 Å². The van der Waals surface area contributed by atoms with Crippen LogP contribution in [0.5, 0.6) is 0 Å². The summed E-state index contributed by atoms with van der Waals surface area (Å²) in [4.78, 5) is 0. The summed E-state index contributed by atoms with van der Waals surface area (Å²) in [6, 6.07) is 0. The van der Waals surface area contributed by atoms with Crippen LogP contribution in [-0.4, -0.2) is 5.11 Å². The van der Waals surface area contributed by atoms with E-state index >= 15 is 0 Å². The fourth-order valence-corrected chi connectivity index (χ4v) is 0.441. The number of hydrogen-bond acceptors (Lipinski definition) is 1. The van der Waals surface area contributed by atoms with E-state index in [9.17, 15) is 0 Å². The van der Waals surface area contributed by atoms with Gasteiger partial charge in [0.2, 0.25) is 0 Å². The van der Waals surface area contributed by atoms with Crippen molar-refractivity contribution in [3.8, 4) is 0 Å². The first kappa shape index (κ1) is 9.02. The smallest absolute Gasteiger partial charge is 0.0891 e. The first-order valence-corrected chi connectivity index (χ1v) is 3.38. The molecule has 10 heavy (non-hydrogen) atoms. The third-order valence-electron chi connectivity index (χ3n) is 1.12. The topological polar surface area (TPSA) is 20.2 Å². The van der Waals surface area contributed by atoms with Gasteiger partial charge in [0.05, 0.1) is 5.76 Å². The molecule has 0 spiro atoms. The molecule has 0 radical (unpaired) electrons. The maximum absolute atomic E-state index is 8.72. The Morgan fingerprint density at radius 1 is 1.60 bits per heavy atom. The molecule has 0 aliphatic carbocycles. The maximum Gasteiger partial charge on any atom is 0.0891 e. The maximum atomic E-state index is 8.72. The summed E-state index contributed by atoms with van der Waals surface area (Å²) in [5, 5.41) is 8.72. The monoisotopic (exact) mass is 138 g/mol. The summed E-state index contributed by atoms with van der Waals surface area (Å²) in [6.07, 6.45) is 6.27. The minimum atomic E-state index is 0.320. The first-order valence-electron chi connectivity index (χ1n) is 3.38. The van der Waals surface area contributed by atoms with Crippen LogP contribution < -0.4 is 0 Å². The number of hydrogen-bond donors (Lipinski definition) is 1. The first-order chi connectivity index (χ1) is 4.66. The molecular weight excluding hydrogens is 124 g/mol. The predicted molar refractivity (Wildman–Crippen MR) is 45.0 cm³/mol. The minimum absolute atomic E-state index is 0.320. The molecular formula is C9H14O. The van der Waals surface area contributed by atoms with E-state index in [1.807, 2.05) is 13.0 Å². The third-order valence-corrected chi connectivity index (χ3v) is 1.12. The van der Waals surface area contributed by atoms with Crippen LogP contribution in [0.2, 0.25) is 0 Å². The van der Waals surface area contributed by atoms with Crippen molar-refractivity contribution in [3.05, 3.63) is 36.1 Å². The Morgan fingerprint density at radius 2 is 2.20 bits per heavy atom. The van der Waals surface area contributed by atoms with Gasteiger partial charge in [-0.1, -0.05) is 31.2 Å². The Kier molecular flexibility index (Phi) is 4.38. The average molecular weight is 138 g/mol. The van der Waals surface area contributed by atoms with E-state index in [1.165, 1.54) is 0 Å². The van der Waals surface area contributed by atoms with Crippen molar-refractivity contribution in [1.29, 1.82) is 0 Å². The van der Waals surface area contributed by atoms with E-state index in [-0.39, 0.29) is 0 Å². The molecule has 0 saturated carbocycles. The van der Waals surface area contributed by atoms with Crippen LogP contribution in [0, 0.1) is 0 Å². The lowest BCUT2D eigenvalue weighted by atomic mass is 10.2. The van der Waals surface area contributed by atoms with Gasteiger partial charge in [0, 0.05) is 0 Å². The van der Waals surface area contributed by atoms with Gasteiger partial charge < -0.3 is 5.11 Å². The van der Waals surface area contributed by atoms with Crippen molar-refractivity contribution in [3.63, 3.8) is 0 Å². The van der Waals surface area contributed by atoms with E-state index in [4.69, 9.17) is 5.11 Å². The third kappa shape index (κ3) is 5.16. The second kappa shape index (κ2) is 4.86. The molecule has 1 heteroatoms. The molecule has 0 rings (SSSR count). The zero-order valence-corrected chi connectivity index (χ0v) is 6.59. The van der Waals surface area contributed by atoms with Gasteiger partial charge >= 0.3 is 0 Å². The molecule has 0 aliphatic rings. The molecule has 0 unspecified atom stereocenters. The highest BCUT2D eigenvalue weighted by Crippen LogP contribution is 1.98. The Balaban J connectivity index is 3.77. The summed E-state index contributed by atoms with van der Waals surface area (Å²) < 4.78 is 0. The largest absolute Gasteiger partial charge is 0.513 e. The minimum Gasteiger partial charge on any atom is -0.513 e. The Hall–Kier alpha value is -0.980.